The summed E-state index contributed by atoms with van der Waals surface area (Å²) in [5.74, 6) is 0.126. The second-order valence-electron chi connectivity index (χ2n) is 5.53. The highest BCUT2D eigenvalue weighted by atomic mass is 35.5. The summed E-state index contributed by atoms with van der Waals surface area (Å²) < 4.78 is 41.4. The molecule has 4 nitrogen and oxygen atoms in total. The maximum atomic E-state index is 12.2. The van der Waals surface area contributed by atoms with Gasteiger partial charge in [0.1, 0.15) is 5.75 Å². The molecule has 23 heavy (non-hydrogen) atoms. The van der Waals surface area contributed by atoms with Crippen LogP contribution in [0.25, 0.3) is 0 Å². The second kappa shape index (κ2) is 7.88. The van der Waals surface area contributed by atoms with Crippen molar-refractivity contribution in [1.82, 2.24) is 5.32 Å². The largest absolute Gasteiger partial charge is 0.484 e. The van der Waals surface area contributed by atoms with Crippen LogP contribution in [0.3, 0.4) is 0 Å². The summed E-state index contributed by atoms with van der Waals surface area (Å²) in [6, 6.07) is 4.67. The van der Waals surface area contributed by atoms with Crippen LogP contribution in [0.5, 0.6) is 5.75 Å². The molecule has 1 amide bonds. The van der Waals surface area contributed by atoms with Gasteiger partial charge in [0.2, 0.25) is 5.91 Å². The zero-order chi connectivity index (χ0) is 16.3. The molecule has 2 rings (SSSR count). The predicted molar refractivity (Wildman–Crippen MR) is 84.1 cm³/mol. The van der Waals surface area contributed by atoms with Crippen molar-refractivity contribution in [2.75, 3.05) is 25.0 Å². The highest BCUT2D eigenvalue weighted by Crippen LogP contribution is 2.28. The van der Waals surface area contributed by atoms with Crippen LogP contribution in [0.2, 0.25) is 0 Å². The molecular formula is C15H20ClF3N2O2. The van der Waals surface area contributed by atoms with Gasteiger partial charge in [-0.1, -0.05) is 13.0 Å². The lowest BCUT2D eigenvalue weighted by atomic mass is 9.88. The van der Waals surface area contributed by atoms with Gasteiger partial charge in [0.05, 0.1) is 0 Å². The van der Waals surface area contributed by atoms with Gasteiger partial charge in [0, 0.05) is 17.2 Å². The molecule has 1 atom stereocenters. The Kier molecular flexibility index (Phi) is 6.70. The van der Waals surface area contributed by atoms with Gasteiger partial charge in [0.25, 0.3) is 0 Å². The maximum absolute atomic E-state index is 12.2. The average molecular weight is 353 g/mol. The normalized spacial score (nSPS) is 16.0. The van der Waals surface area contributed by atoms with Gasteiger partial charge in [-0.25, -0.2) is 0 Å². The summed E-state index contributed by atoms with van der Waals surface area (Å²) in [5, 5.41) is 5.87. The minimum absolute atomic E-state index is 0. The molecule has 0 saturated carbocycles. The summed E-state index contributed by atoms with van der Waals surface area (Å²) in [4.78, 5) is 12.2. The lowest BCUT2D eigenvalue weighted by molar-refractivity contribution is -0.153. The molecule has 1 fully saturated rings. The molecule has 1 aromatic carbocycles. The van der Waals surface area contributed by atoms with E-state index in [1.54, 1.807) is 19.1 Å². The van der Waals surface area contributed by atoms with E-state index < -0.39 is 12.8 Å². The van der Waals surface area contributed by atoms with Crippen LogP contribution >= 0.6 is 12.4 Å². The lowest BCUT2D eigenvalue weighted by Crippen LogP contribution is -2.48. The number of anilines is 1. The zero-order valence-corrected chi connectivity index (χ0v) is 13.7. The van der Waals surface area contributed by atoms with Crippen LogP contribution in [-0.2, 0) is 4.79 Å². The molecule has 0 spiro atoms. The Morgan fingerprint density at radius 1 is 1.43 bits per heavy atom. The Morgan fingerprint density at radius 2 is 2.09 bits per heavy atom. The molecule has 0 aliphatic carbocycles. The van der Waals surface area contributed by atoms with Gasteiger partial charge < -0.3 is 15.4 Å². The first kappa shape index (κ1) is 19.6. The summed E-state index contributed by atoms with van der Waals surface area (Å²) >= 11 is 0. The van der Waals surface area contributed by atoms with Crippen molar-refractivity contribution < 1.29 is 22.7 Å². The van der Waals surface area contributed by atoms with Crippen LogP contribution < -0.4 is 15.4 Å². The van der Waals surface area contributed by atoms with Crippen LogP contribution in [-0.4, -0.2) is 31.8 Å². The van der Waals surface area contributed by atoms with Crippen molar-refractivity contribution in [3.8, 4) is 5.75 Å². The number of rotatable bonds is 5. The number of amides is 1. The average Bonchev–Trinajstić information content (AvgIpc) is 2.36. The third-order valence-electron chi connectivity index (χ3n) is 3.87. The van der Waals surface area contributed by atoms with Crippen molar-refractivity contribution in [1.29, 1.82) is 0 Å². The molecule has 1 aromatic rings. The van der Waals surface area contributed by atoms with E-state index >= 15 is 0 Å². The Hall–Kier alpha value is -1.47. The van der Waals surface area contributed by atoms with Crippen LogP contribution in [0.15, 0.2) is 18.2 Å². The molecule has 1 aliphatic heterocycles. The fourth-order valence-electron chi connectivity index (χ4n) is 2.19. The van der Waals surface area contributed by atoms with Crippen molar-refractivity contribution in [3.05, 3.63) is 23.8 Å². The van der Waals surface area contributed by atoms with E-state index in [1.165, 1.54) is 6.07 Å². The van der Waals surface area contributed by atoms with E-state index in [2.05, 4.69) is 10.6 Å². The summed E-state index contributed by atoms with van der Waals surface area (Å²) in [7, 11) is 0. The monoisotopic (exact) mass is 352 g/mol. The third-order valence-corrected chi connectivity index (χ3v) is 3.87. The molecule has 1 saturated heterocycles. The van der Waals surface area contributed by atoms with Gasteiger partial charge in [-0.05, 0) is 38.1 Å². The van der Waals surface area contributed by atoms with Gasteiger partial charge in [-0.15, -0.1) is 12.4 Å². The Labute approximate surface area is 139 Å². The minimum Gasteiger partial charge on any atom is -0.484 e. The van der Waals surface area contributed by atoms with E-state index in [-0.39, 0.29) is 30.0 Å². The van der Waals surface area contributed by atoms with Gasteiger partial charge >= 0.3 is 6.18 Å². The first-order chi connectivity index (χ1) is 10.3. The van der Waals surface area contributed by atoms with E-state index in [0.29, 0.717) is 17.2 Å². The highest BCUT2D eigenvalue weighted by Gasteiger charge is 2.30. The molecule has 130 valence electrons. The van der Waals surface area contributed by atoms with Gasteiger partial charge in [0.15, 0.2) is 6.61 Å². The number of nitrogens with one attached hydrogen (secondary N) is 2. The molecule has 2 N–H and O–H groups in total. The molecular weight excluding hydrogens is 333 g/mol. The Morgan fingerprint density at radius 3 is 2.61 bits per heavy atom. The number of halogens is 4. The van der Waals surface area contributed by atoms with E-state index in [0.717, 1.165) is 13.1 Å². The number of carbonyl (C=O) groups excluding carboxylic acids is 1. The molecule has 8 heteroatoms. The van der Waals surface area contributed by atoms with E-state index in [4.69, 9.17) is 4.74 Å². The van der Waals surface area contributed by atoms with E-state index in [1.807, 2.05) is 6.92 Å². The van der Waals surface area contributed by atoms with Gasteiger partial charge in [-0.3, -0.25) is 4.79 Å². The van der Waals surface area contributed by atoms with E-state index in [9.17, 15) is 18.0 Å². The quantitative estimate of drug-likeness (QED) is 0.856. The third kappa shape index (κ3) is 5.28. The number of benzene rings is 1. The summed E-state index contributed by atoms with van der Waals surface area (Å²) in [6.07, 6.45) is -4.39. The number of hydrogen-bond acceptors (Lipinski definition) is 3. The lowest BCUT2D eigenvalue weighted by Gasteiger charge is -2.31. The second-order valence-corrected chi connectivity index (χ2v) is 5.53. The molecule has 0 radical (unpaired) electrons. The summed E-state index contributed by atoms with van der Waals surface area (Å²) in [5.41, 5.74) is 0.961. The van der Waals surface area contributed by atoms with Crippen LogP contribution in [0.4, 0.5) is 18.9 Å². The van der Waals surface area contributed by atoms with Crippen molar-refractivity contribution in [2.24, 2.45) is 11.8 Å². The number of hydrogen-bond donors (Lipinski definition) is 2. The Balaban J connectivity index is 0.00000264. The van der Waals surface area contributed by atoms with Crippen molar-refractivity contribution in [3.63, 3.8) is 0 Å². The standard InChI is InChI=1S/C15H19F3N2O2.ClH/c1-9(11-6-19-7-11)14(21)20-12-4-3-5-13(10(12)2)22-8-15(16,17)18;/h3-5,9,11,19H,6-8H2,1-2H3,(H,20,21);1H. The smallest absolute Gasteiger partial charge is 0.422 e. The molecule has 0 bridgehead atoms. The molecule has 1 aliphatic rings. The predicted octanol–water partition coefficient (Wildman–Crippen LogP) is 3.15. The summed E-state index contributed by atoms with van der Waals surface area (Å²) in [6.45, 7) is 3.73. The first-order valence-electron chi connectivity index (χ1n) is 7.08. The number of carbonyl (C=O) groups is 1. The topological polar surface area (TPSA) is 50.4 Å². The van der Waals surface area contributed by atoms with Crippen LogP contribution in [0.1, 0.15) is 12.5 Å². The molecule has 1 unspecified atom stereocenters. The number of alkyl halides is 3. The zero-order valence-electron chi connectivity index (χ0n) is 12.9. The first-order valence-corrected chi connectivity index (χ1v) is 7.08. The maximum Gasteiger partial charge on any atom is 0.422 e. The van der Waals surface area contributed by atoms with Crippen molar-refractivity contribution in [2.45, 2.75) is 20.0 Å². The SMILES string of the molecule is Cc1c(NC(=O)C(C)C2CNC2)cccc1OCC(F)(F)F.Cl. The van der Waals surface area contributed by atoms with Crippen LogP contribution in [0, 0.1) is 18.8 Å². The molecule has 1 heterocycles. The fraction of sp³-hybridized carbons (Fsp3) is 0.533. The van der Waals surface area contributed by atoms with Crippen molar-refractivity contribution >= 4 is 24.0 Å². The Bertz CT molecular complexity index is 548. The van der Waals surface area contributed by atoms with Gasteiger partial charge in [-0.2, -0.15) is 13.2 Å². The highest BCUT2D eigenvalue weighted by molar-refractivity contribution is 5.93. The molecule has 0 aromatic heterocycles. The fourth-order valence-corrected chi connectivity index (χ4v) is 2.19. The minimum atomic E-state index is -4.39. The number of ether oxygens (including phenoxy) is 1.